The van der Waals surface area contributed by atoms with Crippen molar-refractivity contribution < 1.29 is 9.53 Å². The lowest BCUT2D eigenvalue weighted by molar-refractivity contribution is 0.0945. The number of aromatic amines is 1. The molecule has 0 spiro atoms. The van der Waals surface area contributed by atoms with Gasteiger partial charge in [-0.15, -0.1) is 0 Å². The van der Waals surface area contributed by atoms with Gasteiger partial charge >= 0.3 is 0 Å². The summed E-state index contributed by atoms with van der Waals surface area (Å²) in [5, 5.41) is 3.31. The Kier molecular flexibility index (Phi) is 7.44. The van der Waals surface area contributed by atoms with E-state index in [0.29, 0.717) is 27.9 Å². The Morgan fingerprint density at radius 1 is 1.16 bits per heavy atom. The summed E-state index contributed by atoms with van der Waals surface area (Å²) in [4.78, 5) is 30.2. The molecule has 0 bridgehead atoms. The molecule has 1 fully saturated rings. The second-order valence-corrected chi connectivity index (χ2v) is 9.15. The van der Waals surface area contributed by atoms with E-state index in [-0.39, 0.29) is 24.1 Å². The number of pyridine rings is 1. The van der Waals surface area contributed by atoms with E-state index in [0.717, 1.165) is 42.5 Å². The van der Waals surface area contributed by atoms with Gasteiger partial charge in [0.1, 0.15) is 5.75 Å². The largest absolute Gasteiger partial charge is 0.490 e. The minimum atomic E-state index is -0.277. The Balaban J connectivity index is 1.71. The smallest absolute Gasteiger partial charge is 0.253 e. The fourth-order valence-corrected chi connectivity index (χ4v) is 4.44. The van der Waals surface area contributed by atoms with E-state index in [1.807, 2.05) is 26.8 Å². The molecule has 2 N–H and O–H groups in total. The van der Waals surface area contributed by atoms with Gasteiger partial charge in [0, 0.05) is 40.0 Å². The van der Waals surface area contributed by atoms with Crippen molar-refractivity contribution in [3.8, 4) is 5.75 Å². The zero-order valence-electron chi connectivity index (χ0n) is 19.0. The maximum absolute atomic E-state index is 12.9. The molecule has 0 unspecified atom stereocenters. The Bertz CT molecular complexity index is 1010. The van der Waals surface area contributed by atoms with Crippen molar-refractivity contribution in [3.63, 3.8) is 0 Å². The summed E-state index contributed by atoms with van der Waals surface area (Å²) in [7, 11) is 4.23. The molecular weight excluding hydrogens is 414 g/mol. The van der Waals surface area contributed by atoms with Crippen molar-refractivity contribution in [2.24, 2.45) is 0 Å². The Morgan fingerprint density at radius 3 is 2.45 bits per heavy atom. The number of nitrogens with zero attached hydrogens (tertiary/aromatic N) is 1. The number of rotatable bonds is 6. The Hall–Kier alpha value is -2.31. The van der Waals surface area contributed by atoms with E-state index in [4.69, 9.17) is 16.3 Å². The summed E-state index contributed by atoms with van der Waals surface area (Å²) >= 11 is 6.31. The molecule has 168 valence electrons. The SMILES string of the molecule is Cc1cc(C)c(CNC(=O)c2cc(Cl)cc(OC3CCC(N(C)C)CC3)c2C)c(=O)[nH]1. The van der Waals surface area contributed by atoms with E-state index in [1.165, 1.54) is 0 Å². The van der Waals surface area contributed by atoms with Crippen LogP contribution in [0.2, 0.25) is 5.02 Å². The number of halogens is 1. The van der Waals surface area contributed by atoms with Gasteiger partial charge in [-0.1, -0.05) is 11.6 Å². The summed E-state index contributed by atoms with van der Waals surface area (Å²) in [6.07, 6.45) is 4.26. The second-order valence-electron chi connectivity index (χ2n) is 8.71. The van der Waals surface area contributed by atoms with Crippen molar-refractivity contribution >= 4 is 17.5 Å². The van der Waals surface area contributed by atoms with Crippen LogP contribution in [-0.2, 0) is 6.54 Å². The normalized spacial score (nSPS) is 18.8. The molecule has 1 aliphatic rings. The molecule has 3 rings (SSSR count). The minimum Gasteiger partial charge on any atom is -0.490 e. The molecular formula is C24H32ClN3O3. The van der Waals surface area contributed by atoms with E-state index < -0.39 is 0 Å². The predicted molar refractivity (Wildman–Crippen MR) is 124 cm³/mol. The van der Waals surface area contributed by atoms with Crippen molar-refractivity contribution in [2.45, 2.75) is 65.1 Å². The molecule has 0 aliphatic heterocycles. The number of hydrogen-bond donors (Lipinski definition) is 2. The molecule has 0 radical (unpaired) electrons. The number of carbonyl (C=O) groups is 1. The van der Waals surface area contributed by atoms with Crippen LogP contribution in [0.15, 0.2) is 23.0 Å². The molecule has 7 heteroatoms. The van der Waals surface area contributed by atoms with Crippen molar-refractivity contribution in [1.29, 1.82) is 0 Å². The molecule has 1 aromatic heterocycles. The fraction of sp³-hybridized carbons (Fsp3) is 0.500. The summed E-state index contributed by atoms with van der Waals surface area (Å²) in [5.74, 6) is 0.371. The average Bonchev–Trinajstić information content (AvgIpc) is 2.69. The van der Waals surface area contributed by atoms with Crippen molar-refractivity contribution in [1.82, 2.24) is 15.2 Å². The number of nitrogens with one attached hydrogen (secondary N) is 2. The number of carbonyl (C=O) groups excluding carboxylic acids is 1. The van der Waals surface area contributed by atoms with Gasteiger partial charge in [-0.25, -0.2) is 0 Å². The first kappa shape index (κ1) is 23.4. The van der Waals surface area contributed by atoms with Gasteiger partial charge in [0.2, 0.25) is 0 Å². The van der Waals surface area contributed by atoms with Crippen LogP contribution in [0, 0.1) is 20.8 Å². The molecule has 6 nitrogen and oxygen atoms in total. The molecule has 1 saturated carbocycles. The first-order valence-electron chi connectivity index (χ1n) is 10.8. The summed E-state index contributed by atoms with van der Waals surface area (Å²) in [6, 6.07) is 5.91. The van der Waals surface area contributed by atoms with Gasteiger partial charge in [0.05, 0.1) is 6.10 Å². The number of amides is 1. The van der Waals surface area contributed by atoms with Crippen LogP contribution in [0.1, 0.15) is 58.4 Å². The number of H-pyrrole nitrogens is 1. The molecule has 2 aromatic rings. The van der Waals surface area contributed by atoms with Gasteiger partial charge in [-0.05, 0) is 84.3 Å². The third kappa shape index (κ3) is 5.69. The third-order valence-corrected chi connectivity index (χ3v) is 6.37. The zero-order valence-corrected chi connectivity index (χ0v) is 19.7. The first-order valence-corrected chi connectivity index (χ1v) is 11.1. The number of aromatic nitrogens is 1. The highest BCUT2D eigenvalue weighted by atomic mass is 35.5. The topological polar surface area (TPSA) is 74.4 Å². The average molecular weight is 446 g/mol. The van der Waals surface area contributed by atoms with Crippen LogP contribution < -0.4 is 15.6 Å². The minimum absolute atomic E-state index is 0.123. The first-order chi connectivity index (χ1) is 14.7. The molecule has 1 aromatic carbocycles. The standard InChI is InChI=1S/C24H32ClN3O3/c1-14-10-15(2)27-24(30)21(14)13-26-23(29)20-11-17(25)12-22(16(20)3)31-19-8-6-18(7-9-19)28(4)5/h10-12,18-19H,6-9,13H2,1-5H3,(H,26,29)(H,27,30). The number of aryl methyl sites for hydroxylation is 2. The molecule has 1 aliphatic carbocycles. The lowest BCUT2D eigenvalue weighted by Crippen LogP contribution is -2.35. The lowest BCUT2D eigenvalue weighted by Gasteiger charge is -2.33. The lowest BCUT2D eigenvalue weighted by atomic mass is 9.92. The highest BCUT2D eigenvalue weighted by molar-refractivity contribution is 6.31. The Morgan fingerprint density at radius 2 is 1.84 bits per heavy atom. The zero-order chi connectivity index (χ0) is 22.7. The van der Waals surface area contributed by atoms with E-state index in [2.05, 4.69) is 29.3 Å². The van der Waals surface area contributed by atoms with Gasteiger partial charge < -0.3 is 19.9 Å². The van der Waals surface area contributed by atoms with Gasteiger partial charge in [0.15, 0.2) is 0 Å². The van der Waals surface area contributed by atoms with E-state index >= 15 is 0 Å². The van der Waals surface area contributed by atoms with Crippen LogP contribution in [-0.4, -0.2) is 42.0 Å². The maximum atomic E-state index is 12.9. The van der Waals surface area contributed by atoms with Crippen LogP contribution in [0.4, 0.5) is 0 Å². The predicted octanol–water partition coefficient (Wildman–Crippen LogP) is 4.14. The van der Waals surface area contributed by atoms with Crippen molar-refractivity contribution in [2.75, 3.05) is 14.1 Å². The van der Waals surface area contributed by atoms with Gasteiger partial charge in [0.25, 0.3) is 11.5 Å². The summed E-state index contributed by atoms with van der Waals surface area (Å²) < 4.78 is 6.26. The molecule has 0 saturated heterocycles. The fourth-order valence-electron chi connectivity index (χ4n) is 4.24. The highest BCUT2D eigenvalue weighted by Gasteiger charge is 2.25. The van der Waals surface area contributed by atoms with Crippen LogP contribution in [0.25, 0.3) is 0 Å². The van der Waals surface area contributed by atoms with E-state index in [1.54, 1.807) is 12.1 Å². The second kappa shape index (κ2) is 9.88. The summed E-state index contributed by atoms with van der Waals surface area (Å²) in [5.41, 5.74) is 3.23. The number of benzene rings is 1. The van der Waals surface area contributed by atoms with Crippen molar-refractivity contribution in [3.05, 3.63) is 61.5 Å². The van der Waals surface area contributed by atoms with Crippen LogP contribution in [0.3, 0.4) is 0 Å². The molecule has 0 atom stereocenters. The van der Waals surface area contributed by atoms with Gasteiger partial charge in [-0.3, -0.25) is 9.59 Å². The highest BCUT2D eigenvalue weighted by Crippen LogP contribution is 2.31. The summed E-state index contributed by atoms with van der Waals surface area (Å²) in [6.45, 7) is 5.72. The van der Waals surface area contributed by atoms with Crippen LogP contribution in [0.5, 0.6) is 5.75 Å². The van der Waals surface area contributed by atoms with E-state index in [9.17, 15) is 9.59 Å². The maximum Gasteiger partial charge on any atom is 0.253 e. The quantitative estimate of drug-likeness (QED) is 0.700. The third-order valence-electron chi connectivity index (χ3n) is 6.16. The molecule has 1 heterocycles. The van der Waals surface area contributed by atoms with Crippen LogP contribution >= 0.6 is 11.6 Å². The molecule has 31 heavy (non-hydrogen) atoms. The number of hydrogen-bond acceptors (Lipinski definition) is 4. The number of ether oxygens (including phenoxy) is 1. The molecule has 1 amide bonds. The monoisotopic (exact) mass is 445 g/mol. The Labute approximate surface area is 188 Å². The van der Waals surface area contributed by atoms with Gasteiger partial charge in [-0.2, -0.15) is 0 Å².